The number of esters is 1. The van der Waals surface area contributed by atoms with Crippen molar-refractivity contribution in [3.8, 4) is 22.5 Å². The summed E-state index contributed by atoms with van der Waals surface area (Å²) in [4.78, 5) is 40.2. The first-order chi connectivity index (χ1) is 25.8. The first-order valence-corrected chi connectivity index (χ1v) is 18.5. The molecule has 0 fully saturated rings. The van der Waals surface area contributed by atoms with Crippen LogP contribution in [0.1, 0.15) is 47.9 Å². The normalized spacial score (nSPS) is 12.2. The molecule has 1 aliphatic heterocycles. The van der Waals surface area contributed by atoms with Gasteiger partial charge in [0.05, 0.1) is 32.5 Å². The number of rotatable bonds is 13. The van der Waals surface area contributed by atoms with Crippen LogP contribution in [-0.2, 0) is 19.6 Å². The zero-order valence-corrected chi connectivity index (χ0v) is 30.4. The van der Waals surface area contributed by atoms with Crippen LogP contribution in [0.15, 0.2) is 123 Å². The smallest absolute Gasteiger partial charge is 0.335 e. The number of carbonyl (C=O) groups excluding carboxylic acids is 1. The molecule has 4 aromatic carbocycles. The van der Waals surface area contributed by atoms with E-state index in [1.54, 1.807) is 92.7 Å². The predicted octanol–water partition coefficient (Wildman–Crippen LogP) is 7.83. The van der Waals surface area contributed by atoms with Crippen LogP contribution in [0.5, 0.6) is 0 Å². The highest BCUT2D eigenvalue weighted by atomic mass is 32.2. The molecule has 4 N–H and O–H groups in total. The third-order valence-electron chi connectivity index (χ3n) is 8.96. The number of anilines is 2. The molecule has 0 amide bonds. The van der Waals surface area contributed by atoms with E-state index in [4.69, 9.17) is 9.15 Å². The van der Waals surface area contributed by atoms with Gasteiger partial charge in [-0.1, -0.05) is 37.3 Å². The number of fused-ring (bicyclic) bond motifs is 2. The van der Waals surface area contributed by atoms with E-state index in [2.05, 4.69) is 15.0 Å². The molecule has 0 atom stereocenters. The average molecular weight is 748 g/mol. The second-order valence-corrected chi connectivity index (χ2v) is 14.8. The van der Waals surface area contributed by atoms with Gasteiger partial charge in [0.15, 0.2) is 0 Å². The number of ether oxygens (including phenoxy) is 1. The minimum absolute atomic E-state index is 0.00838. The van der Waals surface area contributed by atoms with Crippen molar-refractivity contribution >= 4 is 56.0 Å². The van der Waals surface area contributed by atoms with Crippen LogP contribution in [0.3, 0.4) is 0 Å². The van der Waals surface area contributed by atoms with Gasteiger partial charge in [-0.3, -0.25) is 4.79 Å². The summed E-state index contributed by atoms with van der Waals surface area (Å²) in [7, 11) is -4.13. The maximum absolute atomic E-state index is 13.9. The number of benzene rings is 5. The highest BCUT2D eigenvalue weighted by molar-refractivity contribution is 7.89. The molecule has 13 heteroatoms. The van der Waals surface area contributed by atoms with Crippen molar-refractivity contribution in [2.45, 2.75) is 32.1 Å². The van der Waals surface area contributed by atoms with Gasteiger partial charge >= 0.3 is 17.9 Å². The third kappa shape index (κ3) is 8.17. The summed E-state index contributed by atoms with van der Waals surface area (Å²) in [5.74, 6) is -2.20. The van der Waals surface area contributed by atoms with E-state index in [0.717, 1.165) is 0 Å². The van der Waals surface area contributed by atoms with E-state index in [-0.39, 0.29) is 29.2 Å². The van der Waals surface area contributed by atoms with Crippen molar-refractivity contribution < 1.29 is 42.2 Å². The Bertz CT molecular complexity index is 2560. The molecule has 0 radical (unpaired) electrons. The number of hydrogen-bond donors (Lipinski definition) is 4. The average Bonchev–Trinajstić information content (AvgIpc) is 3.15. The van der Waals surface area contributed by atoms with E-state index in [9.17, 15) is 33.0 Å². The maximum atomic E-state index is 13.9. The Morgan fingerprint density at radius 2 is 1.50 bits per heavy atom. The SMILES string of the molecule is CCC(C)(C)C(=O)OCCNS(=O)(=O)c1ccccc1-c1c2ccc(=Nc3cccc(C(=O)O)c3)cc-2oc2cc(Nc3cccc(C(=O)O)c3)ccc12. The molecule has 0 saturated carbocycles. The van der Waals surface area contributed by atoms with Gasteiger partial charge in [0, 0.05) is 52.1 Å². The lowest BCUT2D eigenvalue weighted by atomic mass is 9.91. The van der Waals surface area contributed by atoms with Crippen LogP contribution in [0, 0.1) is 5.41 Å². The highest BCUT2D eigenvalue weighted by Crippen LogP contribution is 2.43. The van der Waals surface area contributed by atoms with Crippen molar-refractivity contribution in [1.29, 1.82) is 0 Å². The Morgan fingerprint density at radius 1 is 0.796 bits per heavy atom. The number of sulfonamides is 1. The van der Waals surface area contributed by atoms with E-state index in [1.807, 2.05) is 6.92 Å². The number of carboxylic acid groups (broad SMARTS) is 2. The van der Waals surface area contributed by atoms with Gasteiger partial charge in [-0.2, -0.15) is 0 Å². The molecule has 54 heavy (non-hydrogen) atoms. The molecule has 0 saturated heterocycles. The second kappa shape index (κ2) is 15.3. The Balaban J connectivity index is 1.46. The van der Waals surface area contributed by atoms with E-state index >= 15 is 0 Å². The number of nitrogens with one attached hydrogen (secondary N) is 2. The van der Waals surface area contributed by atoms with Gasteiger partial charge in [-0.25, -0.2) is 27.7 Å². The van der Waals surface area contributed by atoms with Crippen molar-refractivity contribution in [3.05, 3.63) is 126 Å². The second-order valence-electron chi connectivity index (χ2n) is 13.1. The monoisotopic (exact) mass is 747 g/mol. The zero-order chi connectivity index (χ0) is 38.6. The van der Waals surface area contributed by atoms with Crippen LogP contribution < -0.4 is 15.4 Å². The largest absolute Gasteiger partial charge is 0.478 e. The van der Waals surface area contributed by atoms with E-state index in [0.29, 0.717) is 62.3 Å². The Kier molecular flexibility index (Phi) is 10.6. The van der Waals surface area contributed by atoms with Gasteiger partial charge in [0.1, 0.15) is 18.0 Å². The molecule has 6 rings (SSSR count). The molecule has 0 spiro atoms. The fourth-order valence-electron chi connectivity index (χ4n) is 5.72. The Morgan fingerprint density at radius 3 is 2.24 bits per heavy atom. The molecule has 12 nitrogen and oxygen atoms in total. The maximum Gasteiger partial charge on any atom is 0.335 e. The summed E-state index contributed by atoms with van der Waals surface area (Å²) in [5, 5.41) is 23.2. The third-order valence-corrected chi connectivity index (χ3v) is 10.5. The van der Waals surface area contributed by atoms with Gasteiger partial charge in [0.2, 0.25) is 10.0 Å². The summed E-state index contributed by atoms with van der Waals surface area (Å²) in [6.45, 7) is 5.12. The van der Waals surface area contributed by atoms with Gasteiger partial charge < -0.3 is 24.7 Å². The molecule has 4 aromatic rings. The Labute approximate surface area is 311 Å². The van der Waals surface area contributed by atoms with E-state index in [1.165, 1.54) is 30.3 Å². The van der Waals surface area contributed by atoms with Gasteiger partial charge in [0.25, 0.3) is 0 Å². The predicted molar refractivity (Wildman–Crippen MR) is 204 cm³/mol. The lowest BCUT2D eigenvalue weighted by molar-refractivity contribution is -0.153. The molecule has 1 aliphatic carbocycles. The first kappa shape index (κ1) is 37.4. The lowest BCUT2D eigenvalue weighted by Crippen LogP contribution is -2.31. The van der Waals surface area contributed by atoms with Crippen LogP contribution in [0.4, 0.5) is 17.1 Å². The number of carboxylic acids is 2. The molecule has 276 valence electrons. The van der Waals surface area contributed by atoms with Crippen LogP contribution in [0.2, 0.25) is 0 Å². The summed E-state index contributed by atoms with van der Waals surface area (Å²) in [6.07, 6.45) is 0.569. The summed E-state index contributed by atoms with van der Waals surface area (Å²) in [6, 6.07) is 29.6. The minimum atomic E-state index is -4.13. The fourth-order valence-corrected chi connectivity index (χ4v) is 6.94. The van der Waals surface area contributed by atoms with Crippen molar-refractivity contribution in [2.24, 2.45) is 10.4 Å². The molecule has 0 aromatic heterocycles. The highest BCUT2D eigenvalue weighted by Gasteiger charge is 2.28. The Hall–Kier alpha value is -6.31. The molecule has 1 heterocycles. The molecule has 0 bridgehead atoms. The number of nitrogens with zero attached hydrogens (tertiary/aromatic N) is 1. The van der Waals surface area contributed by atoms with Crippen molar-refractivity contribution in [2.75, 3.05) is 18.5 Å². The zero-order valence-electron chi connectivity index (χ0n) is 29.6. The minimum Gasteiger partial charge on any atom is -0.478 e. The fraction of sp³-hybridized carbons (Fsp3) is 0.171. The van der Waals surface area contributed by atoms with Crippen LogP contribution >= 0.6 is 0 Å². The van der Waals surface area contributed by atoms with Gasteiger partial charge in [-0.15, -0.1) is 0 Å². The van der Waals surface area contributed by atoms with Crippen LogP contribution in [0.25, 0.3) is 33.4 Å². The first-order valence-electron chi connectivity index (χ1n) is 17.0. The molecule has 0 unspecified atom stereocenters. The number of carbonyl (C=O) groups is 3. The summed E-state index contributed by atoms with van der Waals surface area (Å²) >= 11 is 0. The number of hydrogen-bond acceptors (Lipinski definition) is 9. The number of aromatic carboxylic acids is 2. The standard InChI is InChI=1S/C41H37N3O9S/c1-4-41(2,3)40(49)52-20-19-42-54(50,51)36-14-6-5-13-33(36)37-31-17-15-29(43-27-11-7-9-25(21-27)38(45)46)23-34(31)53-35-24-30(16-18-32(35)37)44-28-12-8-10-26(22-28)39(47)48/h5-18,21-24,42-43H,4,19-20H2,1-3H3,(H,45,46)(H,47,48). The quantitative estimate of drug-likeness (QED) is 0.0516. The van der Waals surface area contributed by atoms with Crippen LogP contribution in [-0.4, -0.2) is 49.7 Å². The van der Waals surface area contributed by atoms with Crippen molar-refractivity contribution in [3.63, 3.8) is 0 Å². The topological polar surface area (TPSA) is 185 Å². The molecular formula is C41H37N3O9S. The van der Waals surface area contributed by atoms with E-state index < -0.39 is 33.3 Å². The summed E-state index contributed by atoms with van der Waals surface area (Å²) < 4.78 is 42.1. The van der Waals surface area contributed by atoms with Crippen molar-refractivity contribution in [1.82, 2.24) is 4.72 Å². The molecule has 2 aliphatic rings. The summed E-state index contributed by atoms with van der Waals surface area (Å²) in [5.41, 5.74) is 2.92. The van der Waals surface area contributed by atoms with Gasteiger partial charge in [-0.05, 0) is 87.0 Å². The lowest BCUT2D eigenvalue weighted by Gasteiger charge is -2.20. The molecular weight excluding hydrogens is 711 g/mol.